The van der Waals surface area contributed by atoms with Gasteiger partial charge in [0.1, 0.15) is 0 Å². The third-order valence-electron chi connectivity index (χ3n) is 7.66. The minimum absolute atomic E-state index is 0.0520. The van der Waals surface area contributed by atoms with E-state index in [1.165, 1.54) is 15.4 Å². The zero-order chi connectivity index (χ0) is 27.9. The molecule has 2 N–H and O–H groups in total. The lowest BCUT2D eigenvalue weighted by Gasteiger charge is -2.33. The maximum Gasteiger partial charge on any atom is 0.339 e. The molecule has 1 aromatic heterocycles. The molecule has 3 aromatic rings. The van der Waals surface area contributed by atoms with Crippen LogP contribution in [0.25, 0.3) is 16.5 Å². The molecule has 2 aromatic carbocycles. The van der Waals surface area contributed by atoms with Crippen LogP contribution in [-0.2, 0) is 26.8 Å². The fourth-order valence-electron chi connectivity index (χ4n) is 5.69. The van der Waals surface area contributed by atoms with Gasteiger partial charge in [-0.25, -0.2) is 13.2 Å². The number of aliphatic carboxylic acids is 1. The van der Waals surface area contributed by atoms with Crippen molar-refractivity contribution in [1.82, 2.24) is 19.1 Å². The topological polar surface area (TPSA) is 114 Å². The Morgan fingerprint density at radius 2 is 1.74 bits per heavy atom. The Morgan fingerprint density at radius 1 is 1.03 bits per heavy atom. The summed E-state index contributed by atoms with van der Waals surface area (Å²) < 4.78 is 25.9. The molecule has 1 amide bonds. The molecule has 206 valence electrons. The molecule has 39 heavy (non-hydrogen) atoms. The average molecular weight is 551 g/mol. The van der Waals surface area contributed by atoms with Gasteiger partial charge >= 0.3 is 5.97 Å². The first kappa shape index (κ1) is 27.1. The van der Waals surface area contributed by atoms with Crippen LogP contribution < -0.4 is 0 Å². The number of hydrogen-bond donors (Lipinski definition) is 2. The van der Waals surface area contributed by atoms with Crippen molar-refractivity contribution in [1.29, 1.82) is 0 Å². The van der Waals surface area contributed by atoms with Gasteiger partial charge in [-0.2, -0.15) is 4.31 Å². The fourth-order valence-corrected chi connectivity index (χ4v) is 6.77. The van der Waals surface area contributed by atoms with Crippen molar-refractivity contribution >= 4 is 38.4 Å². The van der Waals surface area contributed by atoms with Gasteiger partial charge in [-0.05, 0) is 36.2 Å². The number of aromatic nitrogens is 1. The van der Waals surface area contributed by atoms with Crippen LogP contribution in [0.5, 0.6) is 0 Å². The van der Waals surface area contributed by atoms with E-state index < -0.39 is 21.4 Å². The van der Waals surface area contributed by atoms with Crippen molar-refractivity contribution in [2.45, 2.75) is 32.7 Å². The summed E-state index contributed by atoms with van der Waals surface area (Å²) in [6, 6.07) is 15.1. The second-order valence-corrected chi connectivity index (χ2v) is 13.1. The lowest BCUT2D eigenvalue weighted by Crippen LogP contribution is -2.48. The maximum atomic E-state index is 13.8. The summed E-state index contributed by atoms with van der Waals surface area (Å²) in [4.78, 5) is 33.1. The minimum Gasteiger partial charge on any atom is -0.478 e. The van der Waals surface area contributed by atoms with Crippen LogP contribution in [-0.4, -0.2) is 83.0 Å². The molecule has 0 unspecified atom stereocenters. The number of para-hydroxylation sites is 1. The predicted octanol–water partition coefficient (Wildman–Crippen LogP) is 3.49. The Balaban J connectivity index is 1.39. The average Bonchev–Trinajstić information content (AvgIpc) is 3.26. The number of carbonyl (C=O) groups is 2. The molecule has 0 bridgehead atoms. The lowest BCUT2D eigenvalue weighted by atomic mass is 9.81. The number of nitrogens with one attached hydrogen (secondary N) is 1. The van der Waals surface area contributed by atoms with Crippen molar-refractivity contribution in [3.05, 3.63) is 77.1 Å². The largest absolute Gasteiger partial charge is 0.478 e. The molecule has 0 aliphatic carbocycles. The van der Waals surface area contributed by atoms with E-state index in [9.17, 15) is 23.1 Å². The standard InChI is InChI=1S/C29H34N4O5S/c1-4-39(37,38)33-14-12-31(13-15-33)17-20-8-7-9-21(16-20)27(34)32-18-23(28(35)36)26-25(29(2,3)19-32)22-10-5-6-11-24(22)30-26/h5-11,16,18,30H,4,12-15,17,19H2,1-3H3,(H,35,36). The number of benzene rings is 2. The first-order valence-electron chi connectivity index (χ1n) is 13.2. The quantitative estimate of drug-likeness (QED) is 0.486. The summed E-state index contributed by atoms with van der Waals surface area (Å²) in [6.45, 7) is 8.77. The van der Waals surface area contributed by atoms with Crippen LogP contribution in [0.4, 0.5) is 0 Å². The minimum atomic E-state index is -3.19. The Labute approximate surface area is 228 Å². The number of aromatic amines is 1. The Hall–Kier alpha value is -3.47. The lowest BCUT2D eigenvalue weighted by molar-refractivity contribution is -0.130. The third-order valence-corrected chi connectivity index (χ3v) is 9.55. The zero-order valence-electron chi connectivity index (χ0n) is 22.5. The number of amides is 1. The molecule has 0 saturated carbocycles. The molecule has 2 aliphatic rings. The molecule has 1 saturated heterocycles. The maximum absolute atomic E-state index is 13.8. The van der Waals surface area contributed by atoms with E-state index in [0.717, 1.165) is 22.0 Å². The predicted molar refractivity (Wildman–Crippen MR) is 151 cm³/mol. The van der Waals surface area contributed by atoms with E-state index in [4.69, 9.17) is 0 Å². The number of carboxylic acid groups (broad SMARTS) is 1. The van der Waals surface area contributed by atoms with Gasteiger partial charge in [0, 0.05) is 67.3 Å². The van der Waals surface area contributed by atoms with Crippen molar-refractivity contribution in [3.8, 4) is 0 Å². The molecule has 1 fully saturated rings. The number of fused-ring (bicyclic) bond motifs is 3. The molecular weight excluding hydrogens is 516 g/mol. The molecule has 3 heterocycles. The van der Waals surface area contributed by atoms with Crippen molar-refractivity contribution in [2.24, 2.45) is 0 Å². The first-order valence-corrected chi connectivity index (χ1v) is 14.8. The van der Waals surface area contributed by atoms with Gasteiger partial charge in [0.05, 0.1) is 17.0 Å². The molecule has 10 heteroatoms. The van der Waals surface area contributed by atoms with Gasteiger partial charge in [-0.1, -0.05) is 44.2 Å². The van der Waals surface area contributed by atoms with Crippen molar-refractivity contribution in [3.63, 3.8) is 0 Å². The highest BCUT2D eigenvalue weighted by molar-refractivity contribution is 7.89. The van der Waals surface area contributed by atoms with Gasteiger partial charge < -0.3 is 15.0 Å². The van der Waals surface area contributed by atoms with E-state index in [2.05, 4.69) is 9.88 Å². The van der Waals surface area contributed by atoms with Gasteiger partial charge in [-0.3, -0.25) is 9.69 Å². The number of H-pyrrole nitrogens is 1. The molecule has 5 rings (SSSR count). The second-order valence-electron chi connectivity index (χ2n) is 10.9. The van der Waals surface area contributed by atoms with Crippen LogP contribution >= 0.6 is 0 Å². The summed E-state index contributed by atoms with van der Waals surface area (Å²) in [5, 5.41) is 11.1. The molecule has 0 radical (unpaired) electrons. The number of piperazine rings is 1. The number of carboxylic acids is 1. The van der Waals surface area contributed by atoms with Crippen LogP contribution in [0, 0.1) is 0 Å². The molecule has 9 nitrogen and oxygen atoms in total. The number of rotatable bonds is 6. The van der Waals surface area contributed by atoms with Crippen LogP contribution in [0.2, 0.25) is 0 Å². The Bertz CT molecular complexity index is 1570. The number of carbonyl (C=O) groups excluding carboxylic acids is 1. The van der Waals surface area contributed by atoms with Crippen LogP contribution in [0.1, 0.15) is 48.0 Å². The normalized spacial score (nSPS) is 18.4. The van der Waals surface area contributed by atoms with E-state index in [0.29, 0.717) is 50.5 Å². The highest BCUT2D eigenvalue weighted by atomic mass is 32.2. The highest BCUT2D eigenvalue weighted by Gasteiger charge is 2.37. The summed E-state index contributed by atoms with van der Waals surface area (Å²) in [6.07, 6.45) is 1.45. The van der Waals surface area contributed by atoms with Gasteiger partial charge in [0.2, 0.25) is 10.0 Å². The van der Waals surface area contributed by atoms with Gasteiger partial charge in [0.15, 0.2) is 0 Å². The summed E-state index contributed by atoms with van der Waals surface area (Å²) in [5.74, 6) is -1.27. The van der Waals surface area contributed by atoms with Crippen molar-refractivity contribution in [2.75, 3.05) is 38.5 Å². The summed E-state index contributed by atoms with van der Waals surface area (Å²) >= 11 is 0. The summed E-state index contributed by atoms with van der Waals surface area (Å²) in [5.41, 5.74) is 3.24. The number of nitrogens with zero attached hydrogens (tertiary/aromatic N) is 3. The van der Waals surface area contributed by atoms with E-state index in [1.807, 2.05) is 56.3 Å². The molecule has 2 aliphatic heterocycles. The van der Waals surface area contributed by atoms with E-state index in [-0.39, 0.29) is 17.2 Å². The molecule has 0 spiro atoms. The second kappa shape index (κ2) is 10.3. The number of hydrogen-bond acceptors (Lipinski definition) is 5. The highest BCUT2D eigenvalue weighted by Crippen LogP contribution is 2.40. The van der Waals surface area contributed by atoms with E-state index >= 15 is 0 Å². The van der Waals surface area contributed by atoms with Gasteiger partial charge in [0.25, 0.3) is 5.91 Å². The SMILES string of the molecule is CCS(=O)(=O)N1CCN(Cc2cccc(C(=O)N3C=C(C(=O)O)c4[nH]c5ccccc5c4C(C)(C)C3)c2)CC1. The smallest absolute Gasteiger partial charge is 0.339 e. The van der Waals surface area contributed by atoms with E-state index in [1.54, 1.807) is 13.0 Å². The molecular formula is C29H34N4O5S. The fraction of sp³-hybridized carbons (Fsp3) is 0.379. The van der Waals surface area contributed by atoms with Crippen LogP contribution in [0.3, 0.4) is 0 Å². The van der Waals surface area contributed by atoms with Gasteiger partial charge in [-0.15, -0.1) is 0 Å². The summed E-state index contributed by atoms with van der Waals surface area (Å²) in [7, 11) is -3.19. The Morgan fingerprint density at radius 3 is 2.44 bits per heavy atom. The zero-order valence-corrected chi connectivity index (χ0v) is 23.3. The van der Waals surface area contributed by atoms with Crippen molar-refractivity contribution < 1.29 is 23.1 Å². The first-order chi connectivity index (χ1) is 18.5. The molecule has 0 atom stereocenters. The number of sulfonamides is 1. The van der Waals surface area contributed by atoms with Crippen LogP contribution in [0.15, 0.2) is 54.7 Å². The monoisotopic (exact) mass is 550 g/mol. The third kappa shape index (κ3) is 5.24. The Kier molecular flexibility index (Phi) is 7.13.